The van der Waals surface area contributed by atoms with Crippen molar-refractivity contribution in [2.75, 3.05) is 5.32 Å². The fourth-order valence-corrected chi connectivity index (χ4v) is 1.40. The van der Waals surface area contributed by atoms with Gasteiger partial charge in [0, 0.05) is 0 Å². The highest BCUT2D eigenvalue weighted by Gasteiger charge is 2.07. The zero-order valence-corrected chi connectivity index (χ0v) is 8.47. The summed E-state index contributed by atoms with van der Waals surface area (Å²) in [6, 6.07) is 6.38. The summed E-state index contributed by atoms with van der Waals surface area (Å²) in [7, 11) is 0. The minimum atomic E-state index is 0.253. The van der Waals surface area contributed by atoms with Crippen molar-refractivity contribution in [3.8, 4) is 0 Å². The summed E-state index contributed by atoms with van der Waals surface area (Å²) in [4.78, 5) is 4.22. The van der Waals surface area contributed by atoms with E-state index in [-0.39, 0.29) is 6.01 Å². The van der Waals surface area contributed by atoms with Gasteiger partial charge in [0.15, 0.2) is 5.58 Å². The van der Waals surface area contributed by atoms with E-state index in [0.717, 1.165) is 16.7 Å². The van der Waals surface area contributed by atoms with Gasteiger partial charge in [0.25, 0.3) is 0 Å². The van der Waals surface area contributed by atoms with Crippen LogP contribution in [-0.4, -0.2) is 15.2 Å². The van der Waals surface area contributed by atoms with E-state index in [0.29, 0.717) is 6.01 Å². The van der Waals surface area contributed by atoms with E-state index >= 15 is 0 Å². The Labute approximate surface area is 90.3 Å². The monoisotopic (exact) mass is 216 g/mol. The molecule has 0 fully saturated rings. The molecular formula is C10H8N4O2. The molecule has 3 aromatic rings. The van der Waals surface area contributed by atoms with E-state index in [1.807, 2.05) is 25.1 Å². The summed E-state index contributed by atoms with van der Waals surface area (Å²) in [5.41, 5.74) is 2.63. The Morgan fingerprint density at radius 1 is 1.25 bits per heavy atom. The molecule has 1 N–H and O–H groups in total. The molecule has 0 spiro atoms. The van der Waals surface area contributed by atoms with E-state index < -0.39 is 0 Å². The number of rotatable bonds is 2. The maximum atomic E-state index is 5.47. The summed E-state index contributed by atoms with van der Waals surface area (Å²) < 4.78 is 10.4. The lowest BCUT2D eigenvalue weighted by Crippen LogP contribution is -1.89. The maximum Gasteiger partial charge on any atom is 0.323 e. The van der Waals surface area contributed by atoms with Crippen molar-refractivity contribution in [2.45, 2.75) is 6.92 Å². The van der Waals surface area contributed by atoms with Crippen LogP contribution >= 0.6 is 0 Å². The van der Waals surface area contributed by atoms with Gasteiger partial charge in [-0.15, -0.1) is 5.10 Å². The second-order valence-corrected chi connectivity index (χ2v) is 3.36. The SMILES string of the molecule is Cc1ccc2nc(Nc3nnco3)oc2c1. The van der Waals surface area contributed by atoms with Crippen LogP contribution in [0, 0.1) is 6.92 Å². The molecule has 0 saturated carbocycles. The second-order valence-electron chi connectivity index (χ2n) is 3.36. The van der Waals surface area contributed by atoms with Crippen LogP contribution in [0.5, 0.6) is 0 Å². The summed E-state index contributed by atoms with van der Waals surface area (Å²) >= 11 is 0. The molecule has 1 aromatic carbocycles. The number of aryl methyl sites for hydroxylation is 1. The topological polar surface area (TPSA) is 77.0 Å². The first-order valence-electron chi connectivity index (χ1n) is 4.72. The van der Waals surface area contributed by atoms with Gasteiger partial charge in [0.2, 0.25) is 6.39 Å². The van der Waals surface area contributed by atoms with Crippen LogP contribution in [0.25, 0.3) is 11.1 Å². The molecule has 6 nitrogen and oxygen atoms in total. The molecule has 0 atom stereocenters. The van der Waals surface area contributed by atoms with Crippen molar-refractivity contribution in [1.29, 1.82) is 0 Å². The molecule has 2 aromatic heterocycles. The van der Waals surface area contributed by atoms with Crippen molar-refractivity contribution in [1.82, 2.24) is 15.2 Å². The van der Waals surface area contributed by atoms with Crippen LogP contribution in [0.1, 0.15) is 5.56 Å². The van der Waals surface area contributed by atoms with Gasteiger partial charge in [0.05, 0.1) is 0 Å². The fraction of sp³-hybridized carbons (Fsp3) is 0.100. The molecule has 0 aliphatic carbocycles. The Balaban J connectivity index is 1.99. The second kappa shape index (κ2) is 3.34. The number of fused-ring (bicyclic) bond motifs is 1. The first-order chi connectivity index (χ1) is 7.81. The highest BCUT2D eigenvalue weighted by Crippen LogP contribution is 2.21. The van der Waals surface area contributed by atoms with Crippen molar-refractivity contribution in [3.05, 3.63) is 30.2 Å². The molecule has 0 bridgehead atoms. The molecule has 0 saturated heterocycles. The Morgan fingerprint density at radius 3 is 3.00 bits per heavy atom. The Morgan fingerprint density at radius 2 is 2.19 bits per heavy atom. The van der Waals surface area contributed by atoms with E-state index in [1.165, 1.54) is 6.39 Å². The molecule has 0 aliphatic rings. The molecule has 0 aliphatic heterocycles. The van der Waals surface area contributed by atoms with Gasteiger partial charge in [-0.25, -0.2) is 0 Å². The first-order valence-corrected chi connectivity index (χ1v) is 4.72. The fourth-order valence-electron chi connectivity index (χ4n) is 1.40. The van der Waals surface area contributed by atoms with Gasteiger partial charge >= 0.3 is 12.0 Å². The van der Waals surface area contributed by atoms with Crippen molar-refractivity contribution in [2.24, 2.45) is 0 Å². The average molecular weight is 216 g/mol. The minimum Gasteiger partial charge on any atom is -0.423 e. The lowest BCUT2D eigenvalue weighted by atomic mass is 10.2. The number of anilines is 2. The number of hydrogen-bond donors (Lipinski definition) is 1. The average Bonchev–Trinajstić information content (AvgIpc) is 2.86. The number of aromatic nitrogens is 3. The van der Waals surface area contributed by atoms with Crippen LogP contribution in [0.4, 0.5) is 12.0 Å². The van der Waals surface area contributed by atoms with E-state index in [1.54, 1.807) is 0 Å². The van der Waals surface area contributed by atoms with Gasteiger partial charge in [-0.2, -0.15) is 4.98 Å². The van der Waals surface area contributed by atoms with Gasteiger partial charge < -0.3 is 8.83 Å². The number of nitrogens with one attached hydrogen (secondary N) is 1. The third-order valence-electron chi connectivity index (χ3n) is 2.12. The maximum absolute atomic E-state index is 5.47. The predicted octanol–water partition coefficient (Wildman–Crippen LogP) is 2.26. The lowest BCUT2D eigenvalue weighted by molar-refractivity contribution is 0.559. The summed E-state index contributed by atoms with van der Waals surface area (Å²) in [5.74, 6) is 0. The molecule has 0 radical (unpaired) electrons. The predicted molar refractivity (Wildman–Crippen MR) is 56.3 cm³/mol. The van der Waals surface area contributed by atoms with Crippen molar-refractivity contribution < 1.29 is 8.83 Å². The Hall–Kier alpha value is -2.37. The molecule has 0 amide bonds. The number of hydrogen-bond acceptors (Lipinski definition) is 6. The lowest BCUT2D eigenvalue weighted by Gasteiger charge is -1.90. The molecule has 3 rings (SSSR count). The highest BCUT2D eigenvalue weighted by molar-refractivity contribution is 5.75. The number of oxazole rings is 1. The quantitative estimate of drug-likeness (QED) is 0.708. The summed E-state index contributed by atoms with van der Waals surface area (Å²) in [6.07, 6.45) is 1.23. The zero-order valence-electron chi connectivity index (χ0n) is 8.47. The third kappa shape index (κ3) is 1.50. The summed E-state index contributed by atoms with van der Waals surface area (Å²) in [6.45, 7) is 1.99. The van der Waals surface area contributed by atoms with E-state index in [9.17, 15) is 0 Å². The molecule has 0 unspecified atom stereocenters. The largest absolute Gasteiger partial charge is 0.423 e. The Bertz CT molecular complexity index is 615. The van der Waals surface area contributed by atoms with Crippen LogP contribution in [0.2, 0.25) is 0 Å². The van der Waals surface area contributed by atoms with Crippen molar-refractivity contribution >= 4 is 23.1 Å². The molecule has 80 valence electrons. The van der Waals surface area contributed by atoms with Gasteiger partial charge in [-0.1, -0.05) is 11.2 Å². The third-order valence-corrected chi connectivity index (χ3v) is 2.12. The van der Waals surface area contributed by atoms with Crippen molar-refractivity contribution in [3.63, 3.8) is 0 Å². The van der Waals surface area contributed by atoms with Gasteiger partial charge in [0.1, 0.15) is 5.52 Å². The zero-order chi connectivity index (χ0) is 11.0. The standard InChI is InChI=1S/C10H8N4O2/c1-6-2-3-7-8(4-6)16-9(12-7)13-10-14-11-5-15-10/h2-5H,1H3,(H,12,13,14). The highest BCUT2D eigenvalue weighted by atomic mass is 16.4. The van der Waals surface area contributed by atoms with Crippen LogP contribution < -0.4 is 5.32 Å². The minimum absolute atomic E-state index is 0.253. The van der Waals surface area contributed by atoms with E-state index in [2.05, 4.69) is 20.5 Å². The van der Waals surface area contributed by atoms with Crippen LogP contribution in [-0.2, 0) is 0 Å². The van der Waals surface area contributed by atoms with E-state index in [4.69, 9.17) is 8.83 Å². The smallest absolute Gasteiger partial charge is 0.323 e. The van der Waals surface area contributed by atoms with Crippen LogP contribution in [0.15, 0.2) is 33.4 Å². The number of nitrogens with zero attached hydrogens (tertiary/aromatic N) is 3. The van der Waals surface area contributed by atoms with Gasteiger partial charge in [-0.3, -0.25) is 5.32 Å². The van der Waals surface area contributed by atoms with Gasteiger partial charge in [-0.05, 0) is 24.6 Å². The molecular weight excluding hydrogens is 208 g/mol. The normalized spacial score (nSPS) is 10.8. The van der Waals surface area contributed by atoms with Crippen LogP contribution in [0.3, 0.4) is 0 Å². The Kier molecular flexibility index (Phi) is 1.86. The molecule has 6 heteroatoms. The molecule has 2 heterocycles. The summed E-state index contributed by atoms with van der Waals surface area (Å²) in [5, 5.41) is 9.98. The number of benzene rings is 1. The molecule has 16 heavy (non-hydrogen) atoms. The first kappa shape index (κ1) is 8.90.